The molecule has 1 aromatic heterocycles. The van der Waals surface area contributed by atoms with Crippen LogP contribution < -0.4 is 5.69 Å². The third kappa shape index (κ3) is 2.66. The Bertz CT molecular complexity index is 333. The number of hydrogen-bond acceptors (Lipinski definition) is 3. The summed E-state index contributed by atoms with van der Waals surface area (Å²) in [5.74, 6) is 0. The number of aliphatic hydroxyl groups is 1. The van der Waals surface area contributed by atoms with Gasteiger partial charge in [-0.1, -0.05) is 6.92 Å². The van der Waals surface area contributed by atoms with Crippen molar-refractivity contribution in [2.45, 2.75) is 32.9 Å². The summed E-state index contributed by atoms with van der Waals surface area (Å²) in [6, 6.07) is 1.75. The number of nitrogens with zero attached hydrogens (tertiary/aromatic N) is 2. The first-order valence-corrected chi connectivity index (χ1v) is 4.35. The van der Waals surface area contributed by atoms with Crippen LogP contribution in [0.25, 0.3) is 0 Å². The van der Waals surface area contributed by atoms with Crippen molar-refractivity contribution < 1.29 is 5.11 Å². The molecule has 0 aliphatic carbocycles. The van der Waals surface area contributed by atoms with Crippen LogP contribution in [0, 0.1) is 6.92 Å². The van der Waals surface area contributed by atoms with Crippen molar-refractivity contribution >= 4 is 0 Å². The quantitative estimate of drug-likeness (QED) is 0.732. The lowest BCUT2D eigenvalue weighted by Crippen LogP contribution is -2.28. The number of aliphatic hydroxyl groups excluding tert-OH is 1. The average molecular weight is 182 g/mol. The highest BCUT2D eigenvalue weighted by Gasteiger charge is 2.03. The summed E-state index contributed by atoms with van der Waals surface area (Å²) in [5.41, 5.74) is 0.403. The first-order chi connectivity index (χ1) is 6.13. The molecule has 0 radical (unpaired) electrons. The monoisotopic (exact) mass is 182 g/mol. The van der Waals surface area contributed by atoms with Gasteiger partial charge in [0.2, 0.25) is 0 Å². The molecule has 0 bridgehead atoms. The number of rotatable bonds is 3. The fourth-order valence-corrected chi connectivity index (χ4v) is 1.01. The minimum atomic E-state index is -0.470. The summed E-state index contributed by atoms with van der Waals surface area (Å²) < 4.78 is 1.42. The first kappa shape index (κ1) is 9.92. The Kier molecular flexibility index (Phi) is 3.19. The molecule has 0 spiro atoms. The fourth-order valence-electron chi connectivity index (χ4n) is 1.01. The van der Waals surface area contributed by atoms with Crippen LogP contribution >= 0.6 is 0 Å². The fraction of sp³-hybridized carbons (Fsp3) is 0.556. The minimum Gasteiger partial charge on any atom is -0.391 e. The van der Waals surface area contributed by atoms with E-state index in [1.54, 1.807) is 19.2 Å². The van der Waals surface area contributed by atoms with Crippen LogP contribution in [0.1, 0.15) is 19.0 Å². The summed E-state index contributed by atoms with van der Waals surface area (Å²) in [6.45, 7) is 3.96. The van der Waals surface area contributed by atoms with Crippen LogP contribution in [0.5, 0.6) is 0 Å². The maximum Gasteiger partial charge on any atom is 0.347 e. The molecule has 0 saturated heterocycles. The van der Waals surface area contributed by atoms with E-state index < -0.39 is 6.10 Å². The molecular formula is C9H14N2O2. The highest BCUT2D eigenvalue weighted by Crippen LogP contribution is 1.94. The lowest BCUT2D eigenvalue weighted by atomic mass is 10.3. The maximum absolute atomic E-state index is 11.2. The van der Waals surface area contributed by atoms with E-state index in [9.17, 15) is 9.90 Å². The lowest BCUT2D eigenvalue weighted by Gasteiger charge is -2.09. The third-order valence-corrected chi connectivity index (χ3v) is 1.89. The molecular weight excluding hydrogens is 168 g/mol. The molecule has 0 amide bonds. The molecule has 72 valence electrons. The van der Waals surface area contributed by atoms with Gasteiger partial charge in [0.25, 0.3) is 0 Å². The first-order valence-electron chi connectivity index (χ1n) is 4.35. The summed E-state index contributed by atoms with van der Waals surface area (Å²) in [4.78, 5) is 15.0. The molecule has 1 atom stereocenters. The normalized spacial score (nSPS) is 12.8. The van der Waals surface area contributed by atoms with Gasteiger partial charge in [0.15, 0.2) is 0 Å². The van der Waals surface area contributed by atoms with Gasteiger partial charge in [-0.3, -0.25) is 4.57 Å². The van der Waals surface area contributed by atoms with Crippen LogP contribution in [-0.2, 0) is 6.54 Å². The second-order valence-corrected chi connectivity index (χ2v) is 3.07. The largest absolute Gasteiger partial charge is 0.391 e. The van der Waals surface area contributed by atoms with Gasteiger partial charge in [-0.25, -0.2) is 4.79 Å². The van der Waals surface area contributed by atoms with E-state index in [1.165, 1.54) is 4.57 Å². The van der Waals surface area contributed by atoms with Gasteiger partial charge in [0, 0.05) is 11.9 Å². The Morgan fingerprint density at radius 2 is 2.38 bits per heavy atom. The highest BCUT2D eigenvalue weighted by molar-refractivity contribution is 4.95. The molecule has 1 unspecified atom stereocenters. The standard InChI is InChI=1S/C9H14N2O2/c1-3-8(12)6-11-5-4-7(2)10-9(11)13/h4-5,8,12H,3,6H2,1-2H3. The second kappa shape index (κ2) is 4.18. The lowest BCUT2D eigenvalue weighted by molar-refractivity contribution is 0.148. The molecule has 1 rings (SSSR count). The Morgan fingerprint density at radius 3 is 2.92 bits per heavy atom. The van der Waals surface area contributed by atoms with Crippen LogP contribution in [0.3, 0.4) is 0 Å². The van der Waals surface area contributed by atoms with E-state index in [2.05, 4.69) is 4.98 Å². The zero-order valence-corrected chi connectivity index (χ0v) is 7.90. The zero-order chi connectivity index (χ0) is 9.84. The van der Waals surface area contributed by atoms with Gasteiger partial charge in [-0.15, -0.1) is 0 Å². The van der Waals surface area contributed by atoms with Gasteiger partial charge < -0.3 is 5.11 Å². The van der Waals surface area contributed by atoms with E-state index in [-0.39, 0.29) is 5.69 Å². The minimum absolute atomic E-state index is 0.299. The van der Waals surface area contributed by atoms with Crippen molar-refractivity contribution in [3.8, 4) is 0 Å². The van der Waals surface area contributed by atoms with Crippen LogP contribution in [0.15, 0.2) is 17.1 Å². The molecule has 1 aromatic rings. The summed E-state index contributed by atoms with van der Waals surface area (Å²) in [5, 5.41) is 9.32. The molecule has 0 aliphatic rings. The topological polar surface area (TPSA) is 55.1 Å². The van der Waals surface area contributed by atoms with E-state index in [0.29, 0.717) is 18.7 Å². The van der Waals surface area contributed by atoms with Crippen LogP contribution in [-0.4, -0.2) is 20.8 Å². The summed E-state index contributed by atoms with van der Waals surface area (Å²) >= 11 is 0. The molecule has 1 heterocycles. The van der Waals surface area contributed by atoms with Crippen molar-refractivity contribution in [3.05, 3.63) is 28.4 Å². The molecule has 1 N–H and O–H groups in total. The predicted octanol–water partition coefficient (Wildman–Crippen LogP) is 0.323. The van der Waals surface area contributed by atoms with Crippen molar-refractivity contribution in [1.29, 1.82) is 0 Å². The van der Waals surface area contributed by atoms with Gasteiger partial charge in [0.1, 0.15) is 0 Å². The van der Waals surface area contributed by atoms with Gasteiger partial charge >= 0.3 is 5.69 Å². The third-order valence-electron chi connectivity index (χ3n) is 1.89. The highest BCUT2D eigenvalue weighted by atomic mass is 16.3. The van der Waals surface area contributed by atoms with Gasteiger partial charge in [-0.2, -0.15) is 4.98 Å². The smallest absolute Gasteiger partial charge is 0.347 e. The molecule has 0 aliphatic heterocycles. The molecule has 0 fully saturated rings. The Hall–Kier alpha value is -1.16. The second-order valence-electron chi connectivity index (χ2n) is 3.07. The van der Waals surface area contributed by atoms with Crippen molar-refractivity contribution in [2.24, 2.45) is 0 Å². The predicted molar refractivity (Wildman–Crippen MR) is 49.5 cm³/mol. The van der Waals surface area contributed by atoms with Crippen LogP contribution in [0.2, 0.25) is 0 Å². The summed E-state index contributed by atoms with van der Waals surface area (Å²) in [7, 11) is 0. The van der Waals surface area contributed by atoms with Crippen LogP contribution in [0.4, 0.5) is 0 Å². The van der Waals surface area contributed by atoms with E-state index in [1.807, 2.05) is 6.92 Å². The number of aromatic nitrogens is 2. The number of aryl methyl sites for hydroxylation is 1. The summed E-state index contributed by atoms with van der Waals surface area (Å²) in [6.07, 6.45) is 1.83. The Labute approximate surface area is 76.9 Å². The molecule has 0 saturated carbocycles. The van der Waals surface area contributed by atoms with Crippen molar-refractivity contribution in [1.82, 2.24) is 9.55 Å². The van der Waals surface area contributed by atoms with Gasteiger partial charge in [0.05, 0.1) is 12.6 Å². The molecule has 0 aromatic carbocycles. The van der Waals surface area contributed by atoms with E-state index >= 15 is 0 Å². The molecule has 13 heavy (non-hydrogen) atoms. The van der Waals surface area contributed by atoms with Gasteiger partial charge in [-0.05, 0) is 19.4 Å². The van der Waals surface area contributed by atoms with E-state index in [0.717, 1.165) is 0 Å². The molecule has 4 nitrogen and oxygen atoms in total. The SMILES string of the molecule is CCC(O)Cn1ccc(C)nc1=O. The number of hydrogen-bond donors (Lipinski definition) is 1. The molecule has 4 heteroatoms. The maximum atomic E-state index is 11.2. The zero-order valence-electron chi connectivity index (χ0n) is 7.90. The van der Waals surface area contributed by atoms with Crippen molar-refractivity contribution in [2.75, 3.05) is 0 Å². The van der Waals surface area contributed by atoms with Crippen molar-refractivity contribution in [3.63, 3.8) is 0 Å². The Morgan fingerprint density at radius 1 is 1.69 bits per heavy atom. The Balaban J connectivity index is 2.84. The van der Waals surface area contributed by atoms with E-state index in [4.69, 9.17) is 0 Å². The average Bonchev–Trinajstić information content (AvgIpc) is 2.09.